The van der Waals surface area contributed by atoms with Crippen molar-refractivity contribution in [2.75, 3.05) is 0 Å². The van der Waals surface area contributed by atoms with Gasteiger partial charge in [-0.25, -0.2) is 0 Å². The minimum absolute atomic E-state index is 0.0423. The summed E-state index contributed by atoms with van der Waals surface area (Å²) in [6.45, 7) is 2.09. The van der Waals surface area contributed by atoms with Crippen molar-refractivity contribution in [2.45, 2.75) is 64.3 Å². The summed E-state index contributed by atoms with van der Waals surface area (Å²) in [5.41, 5.74) is 3.58. The molecule has 0 aliphatic heterocycles. The van der Waals surface area contributed by atoms with Gasteiger partial charge in [-0.1, -0.05) is 60.8 Å². The lowest BCUT2D eigenvalue weighted by atomic mass is 9.69. The fraction of sp³-hybridized carbons (Fsp3) is 0.519. The number of rotatable bonds is 5. The zero-order chi connectivity index (χ0) is 20.9. The van der Waals surface area contributed by atoms with Gasteiger partial charge in [0.1, 0.15) is 5.75 Å². The van der Waals surface area contributed by atoms with E-state index >= 15 is 0 Å². The molecule has 30 heavy (non-hydrogen) atoms. The Morgan fingerprint density at radius 3 is 1.83 bits per heavy atom. The predicted octanol–water partition coefficient (Wildman–Crippen LogP) is 6.77. The SMILES string of the molecule is Cc1ccc(-c2ccc(OC(=O)C3CCC(C4CCC(C[Si])CC4)CC3)cc2)cc1. The third kappa shape index (κ3) is 5.24. The summed E-state index contributed by atoms with van der Waals surface area (Å²) in [6.07, 6.45) is 9.85. The minimum Gasteiger partial charge on any atom is -0.426 e. The standard InChI is InChI=1S/C27H33O2Si/c1-19-2-6-21(7-3-19)24-14-16-26(17-15-24)29-27(28)25-12-10-23(11-13-25)22-8-4-20(18-30)5-9-22/h2-3,6-7,14-17,20,22-23,25H,4-5,8-13,18H2,1H3. The molecular formula is C27H33O2Si. The molecule has 0 saturated heterocycles. The van der Waals surface area contributed by atoms with Gasteiger partial charge in [0.15, 0.2) is 0 Å². The van der Waals surface area contributed by atoms with Crippen LogP contribution in [0.15, 0.2) is 48.5 Å². The minimum atomic E-state index is -0.0423. The van der Waals surface area contributed by atoms with E-state index in [0.29, 0.717) is 5.75 Å². The van der Waals surface area contributed by atoms with Crippen LogP contribution >= 0.6 is 0 Å². The number of benzene rings is 2. The van der Waals surface area contributed by atoms with Crippen LogP contribution in [0.5, 0.6) is 5.75 Å². The molecule has 157 valence electrons. The first kappa shape index (κ1) is 21.4. The topological polar surface area (TPSA) is 26.3 Å². The number of carbonyl (C=O) groups is 1. The van der Waals surface area contributed by atoms with E-state index in [0.717, 1.165) is 42.2 Å². The van der Waals surface area contributed by atoms with Crippen molar-refractivity contribution < 1.29 is 9.53 Å². The summed E-state index contributed by atoms with van der Waals surface area (Å²) in [5.74, 6) is 3.26. The number of hydrogen-bond donors (Lipinski definition) is 0. The summed E-state index contributed by atoms with van der Waals surface area (Å²) >= 11 is 0. The molecule has 2 aromatic carbocycles. The molecule has 0 unspecified atom stereocenters. The van der Waals surface area contributed by atoms with Crippen LogP contribution in [0.2, 0.25) is 6.04 Å². The van der Waals surface area contributed by atoms with Crippen LogP contribution in [0.4, 0.5) is 0 Å². The average molecular weight is 418 g/mol. The van der Waals surface area contributed by atoms with Crippen molar-refractivity contribution in [3.63, 3.8) is 0 Å². The first-order valence-electron chi connectivity index (χ1n) is 11.7. The Morgan fingerprint density at radius 2 is 1.30 bits per heavy atom. The fourth-order valence-electron chi connectivity index (χ4n) is 5.35. The van der Waals surface area contributed by atoms with Gasteiger partial charge < -0.3 is 4.74 Å². The average Bonchev–Trinajstić information content (AvgIpc) is 2.80. The second-order valence-corrected chi connectivity index (χ2v) is 9.82. The van der Waals surface area contributed by atoms with Gasteiger partial charge in [0, 0.05) is 10.2 Å². The zero-order valence-corrected chi connectivity index (χ0v) is 19.1. The third-order valence-electron chi connectivity index (χ3n) is 7.41. The Balaban J connectivity index is 1.26. The Morgan fingerprint density at radius 1 is 0.800 bits per heavy atom. The molecule has 0 spiro atoms. The maximum Gasteiger partial charge on any atom is 0.314 e. The quantitative estimate of drug-likeness (QED) is 0.305. The molecule has 0 bridgehead atoms. The van der Waals surface area contributed by atoms with Crippen molar-refractivity contribution in [2.24, 2.45) is 23.7 Å². The van der Waals surface area contributed by atoms with Crippen LogP contribution in [-0.4, -0.2) is 16.2 Å². The highest BCUT2D eigenvalue weighted by molar-refractivity contribution is 6.08. The summed E-state index contributed by atoms with van der Waals surface area (Å²) in [4.78, 5) is 12.7. The van der Waals surface area contributed by atoms with Gasteiger partial charge in [0.05, 0.1) is 5.92 Å². The number of aryl methyl sites for hydroxylation is 1. The maximum atomic E-state index is 12.7. The summed E-state index contributed by atoms with van der Waals surface area (Å²) in [7, 11) is 3.69. The second-order valence-electron chi connectivity index (χ2n) is 9.41. The Labute approximate surface area is 184 Å². The zero-order valence-electron chi connectivity index (χ0n) is 18.1. The van der Waals surface area contributed by atoms with Crippen molar-refractivity contribution >= 4 is 16.2 Å². The lowest BCUT2D eigenvalue weighted by molar-refractivity contribution is -0.140. The van der Waals surface area contributed by atoms with Crippen molar-refractivity contribution in [1.82, 2.24) is 0 Å². The molecule has 2 fully saturated rings. The van der Waals surface area contributed by atoms with Crippen LogP contribution in [0.25, 0.3) is 11.1 Å². The van der Waals surface area contributed by atoms with E-state index in [9.17, 15) is 4.79 Å². The van der Waals surface area contributed by atoms with Gasteiger partial charge in [0.2, 0.25) is 0 Å². The Bertz CT molecular complexity index is 811. The first-order chi connectivity index (χ1) is 14.6. The molecule has 0 heterocycles. The molecule has 2 aliphatic carbocycles. The van der Waals surface area contributed by atoms with Gasteiger partial charge in [-0.3, -0.25) is 4.79 Å². The molecular weight excluding hydrogens is 384 g/mol. The van der Waals surface area contributed by atoms with Crippen LogP contribution < -0.4 is 4.74 Å². The third-order valence-corrected chi connectivity index (χ3v) is 7.99. The molecule has 2 saturated carbocycles. The van der Waals surface area contributed by atoms with E-state index in [2.05, 4.69) is 41.4 Å². The lowest BCUT2D eigenvalue weighted by Gasteiger charge is -2.37. The molecule has 0 aromatic heterocycles. The summed E-state index contributed by atoms with van der Waals surface area (Å²) < 4.78 is 5.73. The van der Waals surface area contributed by atoms with Crippen LogP contribution in [0.1, 0.15) is 56.9 Å². The predicted molar refractivity (Wildman–Crippen MR) is 124 cm³/mol. The van der Waals surface area contributed by atoms with E-state index in [1.54, 1.807) is 0 Å². The fourth-order valence-corrected chi connectivity index (χ4v) is 5.76. The van der Waals surface area contributed by atoms with Crippen LogP contribution in [-0.2, 0) is 4.79 Å². The van der Waals surface area contributed by atoms with Gasteiger partial charge in [0.25, 0.3) is 0 Å². The molecule has 2 nitrogen and oxygen atoms in total. The van der Waals surface area contributed by atoms with Crippen molar-refractivity contribution in [3.8, 4) is 16.9 Å². The molecule has 0 atom stereocenters. The molecule has 4 rings (SSSR count). The van der Waals surface area contributed by atoms with Gasteiger partial charge in [-0.15, -0.1) is 0 Å². The first-order valence-corrected chi connectivity index (χ1v) is 12.4. The van der Waals surface area contributed by atoms with Crippen molar-refractivity contribution in [3.05, 3.63) is 54.1 Å². The Kier molecular flexibility index (Phi) is 7.09. The number of carbonyl (C=O) groups excluding carboxylic acids is 1. The van der Waals surface area contributed by atoms with Gasteiger partial charge in [-0.05, 0) is 86.5 Å². The van der Waals surface area contributed by atoms with E-state index in [1.165, 1.54) is 49.7 Å². The van der Waals surface area contributed by atoms with E-state index in [4.69, 9.17) is 4.74 Å². The number of esters is 1. The molecule has 3 radical (unpaired) electrons. The van der Waals surface area contributed by atoms with E-state index in [-0.39, 0.29) is 11.9 Å². The largest absolute Gasteiger partial charge is 0.426 e. The van der Waals surface area contributed by atoms with E-state index < -0.39 is 0 Å². The Hall–Kier alpha value is -1.87. The second kappa shape index (κ2) is 9.96. The van der Waals surface area contributed by atoms with Gasteiger partial charge >= 0.3 is 5.97 Å². The highest BCUT2D eigenvalue weighted by Crippen LogP contribution is 2.42. The molecule has 3 heteroatoms. The molecule has 0 N–H and O–H groups in total. The van der Waals surface area contributed by atoms with Crippen LogP contribution in [0, 0.1) is 30.6 Å². The van der Waals surface area contributed by atoms with E-state index in [1.807, 2.05) is 24.3 Å². The molecule has 2 aliphatic rings. The van der Waals surface area contributed by atoms with Crippen LogP contribution in [0.3, 0.4) is 0 Å². The van der Waals surface area contributed by atoms with Crippen molar-refractivity contribution in [1.29, 1.82) is 0 Å². The van der Waals surface area contributed by atoms with Gasteiger partial charge in [-0.2, -0.15) is 0 Å². The smallest absolute Gasteiger partial charge is 0.314 e. The molecule has 0 amide bonds. The monoisotopic (exact) mass is 417 g/mol. The lowest BCUT2D eigenvalue weighted by Crippen LogP contribution is -2.30. The summed E-state index contributed by atoms with van der Waals surface area (Å²) in [5, 5.41) is 0. The number of ether oxygens (including phenoxy) is 1. The maximum absolute atomic E-state index is 12.7. The molecule has 2 aromatic rings. The highest BCUT2D eigenvalue weighted by atomic mass is 28.1. The summed E-state index contributed by atoms with van der Waals surface area (Å²) in [6, 6.07) is 17.5. The number of hydrogen-bond acceptors (Lipinski definition) is 2. The normalized spacial score (nSPS) is 26.9. The highest BCUT2D eigenvalue weighted by Gasteiger charge is 2.33.